The number of hydrogen-bond acceptors (Lipinski definition) is 4. The molecule has 0 aromatic heterocycles. The molecule has 174 valence electrons. The van der Waals surface area contributed by atoms with E-state index in [1.54, 1.807) is 0 Å². The first-order chi connectivity index (χ1) is 14.7. The van der Waals surface area contributed by atoms with E-state index in [1.165, 1.54) is 0 Å². The van der Waals surface area contributed by atoms with Gasteiger partial charge in [0.15, 0.2) is 23.0 Å². The lowest BCUT2D eigenvalue weighted by molar-refractivity contribution is 0.236. The van der Waals surface area contributed by atoms with Crippen LogP contribution in [0.3, 0.4) is 0 Å². The summed E-state index contributed by atoms with van der Waals surface area (Å²) in [7, 11) is 0. The number of alkyl halides is 2. The zero-order valence-corrected chi connectivity index (χ0v) is 20.8. The van der Waals surface area contributed by atoms with Gasteiger partial charge in [0.25, 0.3) is 0 Å². The van der Waals surface area contributed by atoms with E-state index in [9.17, 15) is 0 Å². The third-order valence-corrected chi connectivity index (χ3v) is 5.29. The van der Waals surface area contributed by atoms with Gasteiger partial charge in [-0.3, -0.25) is 0 Å². The molecular weight excluding hydrogens is 423 g/mol. The normalized spacial score (nSPS) is 10.9. The molecule has 0 amide bonds. The van der Waals surface area contributed by atoms with Crippen molar-refractivity contribution in [2.75, 3.05) is 26.4 Å². The summed E-state index contributed by atoms with van der Waals surface area (Å²) in [5.74, 6) is 3.11. The van der Waals surface area contributed by atoms with Crippen LogP contribution >= 0.6 is 23.2 Å². The average Bonchev–Trinajstić information content (AvgIpc) is 2.75. The molecule has 0 spiro atoms. The lowest BCUT2D eigenvalue weighted by Gasteiger charge is -2.25. The van der Waals surface area contributed by atoms with Gasteiger partial charge in [0.1, 0.15) is 0 Å². The first-order valence-corrected chi connectivity index (χ1v) is 12.6. The Kier molecular flexibility index (Phi) is 15.0. The Balaban J connectivity index is 3.52. The summed E-state index contributed by atoms with van der Waals surface area (Å²) in [5.41, 5.74) is 1.58. The van der Waals surface area contributed by atoms with Crippen molar-refractivity contribution in [2.45, 2.75) is 90.8 Å². The molecule has 0 heterocycles. The maximum atomic E-state index is 6.42. The van der Waals surface area contributed by atoms with Crippen LogP contribution in [0, 0.1) is 0 Å². The van der Waals surface area contributed by atoms with Gasteiger partial charge in [0.05, 0.1) is 49.3 Å². The van der Waals surface area contributed by atoms with E-state index in [4.69, 9.17) is 42.1 Å². The van der Waals surface area contributed by atoms with E-state index < -0.39 is 0 Å². The van der Waals surface area contributed by atoms with Gasteiger partial charge < -0.3 is 18.9 Å². The summed E-state index contributed by atoms with van der Waals surface area (Å²) >= 11 is 12.8. The van der Waals surface area contributed by atoms with Gasteiger partial charge in [-0.25, -0.2) is 0 Å². The first kappa shape index (κ1) is 27.0. The fourth-order valence-corrected chi connectivity index (χ4v) is 3.37. The zero-order chi connectivity index (χ0) is 22.2. The standard InChI is InChI=1S/C24H40Cl2O4/c1-5-9-13-27-21-19(17-25)23(29-15-11-7-3)24(30-16-12-8-4)20(18-26)22(21)28-14-10-6-2/h5-18H2,1-4H3. The van der Waals surface area contributed by atoms with Crippen molar-refractivity contribution in [3.63, 3.8) is 0 Å². The van der Waals surface area contributed by atoms with E-state index in [0.29, 0.717) is 49.4 Å². The minimum Gasteiger partial charge on any atom is -0.489 e. The maximum absolute atomic E-state index is 6.42. The van der Waals surface area contributed by atoms with Crippen molar-refractivity contribution in [1.82, 2.24) is 0 Å². The van der Waals surface area contributed by atoms with Crippen molar-refractivity contribution in [3.05, 3.63) is 11.1 Å². The van der Waals surface area contributed by atoms with E-state index in [1.807, 2.05) is 0 Å². The topological polar surface area (TPSA) is 36.9 Å². The lowest BCUT2D eigenvalue weighted by Crippen LogP contribution is -2.12. The largest absolute Gasteiger partial charge is 0.489 e. The smallest absolute Gasteiger partial charge is 0.169 e. The SMILES string of the molecule is CCCCOc1c(CCl)c(OCCCC)c(OCCCC)c(CCl)c1OCCCC. The zero-order valence-electron chi connectivity index (χ0n) is 19.3. The Morgan fingerprint density at radius 1 is 0.467 bits per heavy atom. The highest BCUT2D eigenvalue weighted by Gasteiger charge is 2.28. The second-order valence-corrected chi connectivity index (χ2v) is 7.88. The van der Waals surface area contributed by atoms with Crippen molar-refractivity contribution in [3.8, 4) is 23.0 Å². The third-order valence-electron chi connectivity index (χ3n) is 4.75. The van der Waals surface area contributed by atoms with Crippen LogP contribution in [0.4, 0.5) is 0 Å². The van der Waals surface area contributed by atoms with Crippen LogP contribution < -0.4 is 18.9 Å². The third kappa shape index (κ3) is 8.26. The number of hydrogen-bond donors (Lipinski definition) is 0. The Morgan fingerprint density at radius 3 is 0.867 bits per heavy atom. The quantitative estimate of drug-likeness (QED) is 0.164. The van der Waals surface area contributed by atoms with Crippen molar-refractivity contribution < 1.29 is 18.9 Å². The molecule has 6 heteroatoms. The van der Waals surface area contributed by atoms with Crippen molar-refractivity contribution in [2.24, 2.45) is 0 Å². The molecule has 0 N–H and O–H groups in total. The van der Waals surface area contributed by atoms with Gasteiger partial charge in [0.2, 0.25) is 0 Å². The molecule has 0 bridgehead atoms. The van der Waals surface area contributed by atoms with Crippen LogP contribution in [0.5, 0.6) is 23.0 Å². The van der Waals surface area contributed by atoms with E-state index in [0.717, 1.165) is 62.5 Å². The van der Waals surface area contributed by atoms with Crippen molar-refractivity contribution in [1.29, 1.82) is 0 Å². The Bertz CT molecular complexity index is 497. The molecule has 1 rings (SSSR count). The van der Waals surface area contributed by atoms with Crippen LogP contribution in [-0.2, 0) is 11.8 Å². The highest BCUT2D eigenvalue weighted by atomic mass is 35.5. The predicted octanol–water partition coefficient (Wildman–Crippen LogP) is 7.88. The lowest BCUT2D eigenvalue weighted by atomic mass is 10.1. The van der Waals surface area contributed by atoms with Crippen LogP contribution in [0.1, 0.15) is 90.2 Å². The van der Waals surface area contributed by atoms with E-state index >= 15 is 0 Å². The minimum absolute atomic E-state index is 0.250. The van der Waals surface area contributed by atoms with E-state index in [2.05, 4.69) is 27.7 Å². The molecule has 30 heavy (non-hydrogen) atoms. The molecule has 0 unspecified atom stereocenters. The summed E-state index contributed by atoms with van der Waals surface area (Å²) in [4.78, 5) is 0. The number of unbranched alkanes of at least 4 members (excludes halogenated alkanes) is 4. The number of rotatable bonds is 18. The molecule has 0 radical (unpaired) electrons. The van der Waals surface area contributed by atoms with Crippen LogP contribution in [0.15, 0.2) is 0 Å². The predicted molar refractivity (Wildman–Crippen MR) is 127 cm³/mol. The molecule has 0 aliphatic heterocycles. The summed E-state index contributed by atoms with van der Waals surface area (Å²) < 4.78 is 24.8. The van der Waals surface area contributed by atoms with Gasteiger partial charge in [-0.05, 0) is 25.7 Å². The molecule has 0 atom stereocenters. The number of ether oxygens (including phenoxy) is 4. The fourth-order valence-electron chi connectivity index (χ4n) is 2.88. The Morgan fingerprint density at radius 2 is 0.700 bits per heavy atom. The highest BCUT2D eigenvalue weighted by Crippen LogP contribution is 2.50. The summed E-state index contributed by atoms with van der Waals surface area (Å²) in [6.45, 7) is 10.9. The minimum atomic E-state index is 0.250. The second kappa shape index (κ2) is 16.7. The monoisotopic (exact) mass is 462 g/mol. The van der Waals surface area contributed by atoms with Gasteiger partial charge in [-0.15, -0.1) is 23.2 Å². The molecule has 0 saturated carbocycles. The fraction of sp³-hybridized carbons (Fsp3) is 0.750. The average molecular weight is 463 g/mol. The molecule has 0 saturated heterocycles. The Labute approximate surface area is 193 Å². The highest BCUT2D eigenvalue weighted by molar-refractivity contribution is 6.18. The molecule has 4 nitrogen and oxygen atoms in total. The number of benzene rings is 1. The summed E-state index contributed by atoms with van der Waals surface area (Å²) in [5, 5.41) is 0. The molecule has 0 aliphatic rings. The summed E-state index contributed by atoms with van der Waals surface area (Å²) in [6, 6.07) is 0. The molecule has 1 aromatic rings. The van der Waals surface area contributed by atoms with Gasteiger partial charge in [-0.2, -0.15) is 0 Å². The first-order valence-electron chi connectivity index (χ1n) is 11.5. The molecule has 1 aromatic carbocycles. The summed E-state index contributed by atoms with van der Waals surface area (Å²) in [6.07, 6.45) is 7.98. The Hall–Kier alpha value is -1.00. The van der Waals surface area contributed by atoms with Crippen LogP contribution in [0.25, 0.3) is 0 Å². The van der Waals surface area contributed by atoms with Crippen molar-refractivity contribution >= 4 is 23.2 Å². The molecule has 0 aliphatic carbocycles. The van der Waals surface area contributed by atoms with Gasteiger partial charge in [-0.1, -0.05) is 53.4 Å². The number of halogens is 2. The van der Waals surface area contributed by atoms with Gasteiger partial charge >= 0.3 is 0 Å². The maximum Gasteiger partial charge on any atom is 0.169 e. The van der Waals surface area contributed by atoms with Gasteiger partial charge in [0, 0.05) is 0 Å². The second-order valence-electron chi connectivity index (χ2n) is 7.35. The van der Waals surface area contributed by atoms with E-state index in [-0.39, 0.29) is 11.8 Å². The molecular formula is C24H40Cl2O4. The van der Waals surface area contributed by atoms with Crippen LogP contribution in [-0.4, -0.2) is 26.4 Å². The molecule has 0 fully saturated rings. The van der Waals surface area contributed by atoms with Crippen LogP contribution in [0.2, 0.25) is 0 Å².